The van der Waals surface area contributed by atoms with Gasteiger partial charge in [-0.1, -0.05) is 60.7 Å². The molecule has 3 unspecified atom stereocenters. The summed E-state index contributed by atoms with van der Waals surface area (Å²) in [6, 6.07) is 21.4. The van der Waals surface area contributed by atoms with Crippen LogP contribution >= 0.6 is 0 Å². The Morgan fingerprint density at radius 3 is 1.87 bits per heavy atom. The monoisotopic (exact) mass is 412 g/mol. The highest BCUT2D eigenvalue weighted by molar-refractivity contribution is 5.27. The van der Waals surface area contributed by atoms with E-state index in [-0.39, 0.29) is 17.6 Å². The van der Waals surface area contributed by atoms with E-state index in [1.54, 1.807) is 14.2 Å². The fourth-order valence-corrected chi connectivity index (χ4v) is 5.68. The molecule has 1 fully saturated rings. The first kappa shape index (κ1) is 23.0. The number of ether oxygens (including phenoxy) is 4. The molecular weight excluding hydrogens is 376 g/mol. The zero-order valence-electron chi connectivity index (χ0n) is 18.8. The van der Waals surface area contributed by atoms with E-state index >= 15 is 0 Å². The summed E-state index contributed by atoms with van der Waals surface area (Å²) in [6.45, 7) is 0.633. The minimum absolute atomic E-state index is 0.0676. The van der Waals surface area contributed by atoms with Gasteiger partial charge in [-0.2, -0.15) is 0 Å². The molecule has 0 radical (unpaired) electrons. The van der Waals surface area contributed by atoms with Crippen molar-refractivity contribution in [2.24, 2.45) is 5.41 Å². The molecule has 0 amide bonds. The first-order valence-corrected chi connectivity index (χ1v) is 10.8. The standard InChI is InChI=1S/C26H36O4/c1-27-18-16-24(29-3)26(30-4)17-15-23(28-2)25(26,19-21-11-7-5-8-12-21)20-22-13-9-6-10-14-22/h5-14,23-24H,15-20H2,1-4H3. The summed E-state index contributed by atoms with van der Waals surface area (Å²) < 4.78 is 24.1. The van der Waals surface area contributed by atoms with Crippen LogP contribution in [0.25, 0.3) is 0 Å². The Morgan fingerprint density at radius 2 is 1.43 bits per heavy atom. The van der Waals surface area contributed by atoms with Crippen molar-refractivity contribution in [3.63, 3.8) is 0 Å². The third-order valence-corrected chi connectivity index (χ3v) is 7.00. The van der Waals surface area contributed by atoms with Crippen LogP contribution in [-0.4, -0.2) is 52.9 Å². The maximum absolute atomic E-state index is 6.48. The number of benzene rings is 2. The van der Waals surface area contributed by atoms with E-state index in [1.807, 2.05) is 14.2 Å². The molecule has 2 aromatic rings. The summed E-state index contributed by atoms with van der Waals surface area (Å²) in [6.07, 6.45) is 4.32. The number of hydrogen-bond donors (Lipinski definition) is 0. The van der Waals surface area contributed by atoms with E-state index in [2.05, 4.69) is 60.7 Å². The summed E-state index contributed by atoms with van der Waals surface area (Å²) in [5.41, 5.74) is 1.83. The molecule has 0 aromatic heterocycles. The maximum atomic E-state index is 6.48. The SMILES string of the molecule is COCCC(OC)C1(OC)CCC(OC)C1(Cc1ccccc1)Cc1ccccc1. The van der Waals surface area contributed by atoms with Crippen molar-refractivity contribution in [3.8, 4) is 0 Å². The lowest BCUT2D eigenvalue weighted by atomic mass is 9.62. The van der Waals surface area contributed by atoms with Gasteiger partial charge in [0, 0.05) is 40.5 Å². The Labute approximate surface area is 181 Å². The molecule has 1 aliphatic carbocycles. The average molecular weight is 413 g/mol. The molecule has 30 heavy (non-hydrogen) atoms. The van der Waals surface area contributed by atoms with Crippen LogP contribution in [0.1, 0.15) is 30.4 Å². The molecule has 0 aliphatic heterocycles. The first-order chi connectivity index (χ1) is 14.7. The van der Waals surface area contributed by atoms with Gasteiger partial charge in [-0.25, -0.2) is 0 Å². The van der Waals surface area contributed by atoms with Gasteiger partial charge < -0.3 is 18.9 Å². The van der Waals surface area contributed by atoms with Gasteiger partial charge in [-0.3, -0.25) is 0 Å². The van der Waals surface area contributed by atoms with Crippen molar-refractivity contribution >= 4 is 0 Å². The van der Waals surface area contributed by atoms with Crippen LogP contribution in [0.3, 0.4) is 0 Å². The minimum Gasteiger partial charge on any atom is -0.385 e. The fraction of sp³-hybridized carbons (Fsp3) is 0.538. The first-order valence-electron chi connectivity index (χ1n) is 10.8. The van der Waals surface area contributed by atoms with E-state index in [0.717, 1.165) is 32.1 Å². The molecule has 4 heteroatoms. The molecule has 0 bridgehead atoms. The highest BCUT2D eigenvalue weighted by Gasteiger charge is 2.64. The van der Waals surface area contributed by atoms with E-state index < -0.39 is 5.60 Å². The zero-order chi connectivity index (χ0) is 21.5. The number of hydrogen-bond acceptors (Lipinski definition) is 4. The molecule has 0 saturated heterocycles. The molecule has 3 atom stereocenters. The normalized spacial score (nSPS) is 24.1. The highest BCUT2D eigenvalue weighted by Crippen LogP contribution is 2.56. The highest BCUT2D eigenvalue weighted by atomic mass is 16.5. The van der Waals surface area contributed by atoms with Gasteiger partial charge in [0.25, 0.3) is 0 Å². The van der Waals surface area contributed by atoms with Gasteiger partial charge in [0.15, 0.2) is 0 Å². The summed E-state index contributed by atoms with van der Waals surface area (Å²) >= 11 is 0. The van der Waals surface area contributed by atoms with Crippen molar-refractivity contribution < 1.29 is 18.9 Å². The quantitative estimate of drug-likeness (QED) is 0.536. The molecule has 2 aromatic carbocycles. The summed E-state index contributed by atoms with van der Waals surface area (Å²) in [5.74, 6) is 0. The van der Waals surface area contributed by atoms with Crippen molar-refractivity contribution in [3.05, 3.63) is 71.8 Å². The van der Waals surface area contributed by atoms with Gasteiger partial charge in [0.2, 0.25) is 0 Å². The molecule has 1 saturated carbocycles. The van der Waals surface area contributed by atoms with Crippen LogP contribution < -0.4 is 0 Å². The van der Waals surface area contributed by atoms with Crippen LogP contribution in [0.2, 0.25) is 0 Å². The van der Waals surface area contributed by atoms with Crippen molar-refractivity contribution in [1.82, 2.24) is 0 Å². The molecule has 4 nitrogen and oxygen atoms in total. The smallest absolute Gasteiger partial charge is 0.103 e. The Morgan fingerprint density at radius 1 is 0.867 bits per heavy atom. The topological polar surface area (TPSA) is 36.9 Å². The maximum Gasteiger partial charge on any atom is 0.103 e. The summed E-state index contributed by atoms with van der Waals surface area (Å²) in [4.78, 5) is 0. The van der Waals surface area contributed by atoms with Crippen molar-refractivity contribution in [2.75, 3.05) is 35.0 Å². The van der Waals surface area contributed by atoms with Gasteiger partial charge in [0.1, 0.15) is 5.60 Å². The molecular formula is C26H36O4. The molecule has 0 spiro atoms. The number of methoxy groups -OCH3 is 4. The van der Waals surface area contributed by atoms with E-state index in [4.69, 9.17) is 18.9 Å². The Kier molecular flexibility index (Phi) is 8.06. The lowest BCUT2D eigenvalue weighted by Crippen LogP contribution is -2.60. The Balaban J connectivity index is 2.13. The fourth-order valence-electron chi connectivity index (χ4n) is 5.68. The third-order valence-electron chi connectivity index (χ3n) is 7.00. The van der Waals surface area contributed by atoms with Gasteiger partial charge in [0.05, 0.1) is 12.2 Å². The number of rotatable bonds is 11. The van der Waals surface area contributed by atoms with E-state index in [0.29, 0.717) is 6.61 Å². The lowest BCUT2D eigenvalue weighted by Gasteiger charge is -2.51. The molecule has 164 valence electrons. The Hall–Kier alpha value is -1.72. The average Bonchev–Trinajstić information content (AvgIpc) is 3.09. The van der Waals surface area contributed by atoms with Crippen LogP contribution in [-0.2, 0) is 31.8 Å². The molecule has 0 N–H and O–H groups in total. The second kappa shape index (κ2) is 10.5. The van der Waals surface area contributed by atoms with Crippen LogP contribution in [0.15, 0.2) is 60.7 Å². The second-order valence-electron chi connectivity index (χ2n) is 8.34. The van der Waals surface area contributed by atoms with Gasteiger partial charge in [-0.15, -0.1) is 0 Å². The summed E-state index contributed by atoms with van der Waals surface area (Å²) in [7, 11) is 7.19. The molecule has 3 rings (SSSR count). The van der Waals surface area contributed by atoms with E-state index in [1.165, 1.54) is 11.1 Å². The molecule has 0 heterocycles. The summed E-state index contributed by atoms with van der Waals surface area (Å²) in [5, 5.41) is 0. The van der Waals surface area contributed by atoms with Crippen LogP contribution in [0.4, 0.5) is 0 Å². The predicted molar refractivity (Wildman–Crippen MR) is 120 cm³/mol. The van der Waals surface area contributed by atoms with Crippen molar-refractivity contribution in [2.45, 2.75) is 49.9 Å². The second-order valence-corrected chi connectivity index (χ2v) is 8.34. The largest absolute Gasteiger partial charge is 0.385 e. The van der Waals surface area contributed by atoms with Crippen molar-refractivity contribution in [1.29, 1.82) is 0 Å². The van der Waals surface area contributed by atoms with Gasteiger partial charge >= 0.3 is 0 Å². The minimum atomic E-state index is -0.480. The molecule has 1 aliphatic rings. The van der Waals surface area contributed by atoms with Crippen LogP contribution in [0, 0.1) is 5.41 Å². The Bertz CT molecular complexity index is 707. The lowest BCUT2D eigenvalue weighted by molar-refractivity contribution is -0.198. The predicted octanol–water partition coefficient (Wildman–Crippen LogP) is 4.70. The van der Waals surface area contributed by atoms with E-state index in [9.17, 15) is 0 Å². The zero-order valence-corrected chi connectivity index (χ0v) is 18.8. The van der Waals surface area contributed by atoms with Crippen LogP contribution in [0.5, 0.6) is 0 Å². The van der Waals surface area contributed by atoms with Gasteiger partial charge in [-0.05, 0) is 43.2 Å². The third kappa shape index (κ3) is 4.33.